The van der Waals surface area contributed by atoms with Gasteiger partial charge in [-0.1, -0.05) is 18.5 Å². The van der Waals surface area contributed by atoms with Gasteiger partial charge in [0.25, 0.3) is 0 Å². The number of hydrogen-bond acceptors (Lipinski definition) is 8. The van der Waals surface area contributed by atoms with Gasteiger partial charge >= 0.3 is 6.01 Å². The summed E-state index contributed by atoms with van der Waals surface area (Å²) in [6.45, 7) is 3.19. The molecule has 7 nitrogen and oxygen atoms in total. The second-order valence-electron chi connectivity index (χ2n) is 4.30. The third-order valence-corrected chi connectivity index (χ3v) is 3.75. The minimum absolute atomic E-state index is 0.255. The van der Waals surface area contributed by atoms with E-state index in [4.69, 9.17) is 22.2 Å². The van der Waals surface area contributed by atoms with Gasteiger partial charge in [-0.2, -0.15) is 15.0 Å². The van der Waals surface area contributed by atoms with Crippen molar-refractivity contribution in [2.75, 3.05) is 24.0 Å². The zero-order valence-corrected chi connectivity index (χ0v) is 13.4. The second-order valence-corrected chi connectivity index (χ2v) is 6.10. The van der Waals surface area contributed by atoms with E-state index in [0.717, 1.165) is 15.6 Å². The predicted molar refractivity (Wildman–Crippen MR) is 84.9 cm³/mol. The molecule has 2 rings (SSSR count). The van der Waals surface area contributed by atoms with Crippen LogP contribution in [0.2, 0.25) is 4.34 Å². The van der Waals surface area contributed by atoms with Gasteiger partial charge in [-0.3, -0.25) is 5.43 Å². The zero-order valence-electron chi connectivity index (χ0n) is 11.8. The average molecular weight is 329 g/mol. The van der Waals surface area contributed by atoms with Gasteiger partial charge < -0.3 is 9.64 Å². The highest BCUT2D eigenvalue weighted by atomic mass is 35.5. The number of hydrazine groups is 1. The number of nitrogens with zero attached hydrogens (tertiary/aromatic N) is 4. The van der Waals surface area contributed by atoms with Gasteiger partial charge in [-0.15, -0.1) is 11.3 Å². The molecular weight excluding hydrogens is 312 g/mol. The number of nitrogen functional groups attached to an aromatic ring is 1. The molecule has 9 heteroatoms. The first-order chi connectivity index (χ1) is 10.1. The monoisotopic (exact) mass is 328 g/mol. The Balaban J connectivity index is 2.16. The standard InChI is InChI=1S/C12H17ClN6OS/c1-3-6-20-12-16-10(18-14)15-11(17-12)19(2)7-8-4-5-9(13)21-8/h4-5H,3,6-7,14H2,1-2H3,(H,15,16,17,18). The van der Waals surface area contributed by atoms with E-state index < -0.39 is 0 Å². The minimum atomic E-state index is 0.255. The van der Waals surface area contributed by atoms with Crippen molar-refractivity contribution in [2.45, 2.75) is 19.9 Å². The number of rotatable bonds is 7. The van der Waals surface area contributed by atoms with E-state index in [-0.39, 0.29) is 12.0 Å². The van der Waals surface area contributed by atoms with Crippen molar-refractivity contribution >= 4 is 34.8 Å². The third kappa shape index (κ3) is 4.42. The summed E-state index contributed by atoms with van der Waals surface area (Å²) >= 11 is 7.45. The highest BCUT2D eigenvalue weighted by molar-refractivity contribution is 7.16. The summed E-state index contributed by atoms with van der Waals surface area (Å²) in [5.41, 5.74) is 2.42. The van der Waals surface area contributed by atoms with Crippen LogP contribution >= 0.6 is 22.9 Å². The number of nitrogens with one attached hydrogen (secondary N) is 1. The summed E-state index contributed by atoms with van der Waals surface area (Å²) in [7, 11) is 1.88. The van der Waals surface area contributed by atoms with Crippen molar-refractivity contribution in [3.63, 3.8) is 0 Å². The summed E-state index contributed by atoms with van der Waals surface area (Å²) in [5, 5.41) is 0. The molecule has 0 saturated carbocycles. The van der Waals surface area contributed by atoms with Gasteiger partial charge in [0.15, 0.2) is 0 Å². The quantitative estimate of drug-likeness (QED) is 0.595. The molecule has 2 heterocycles. The molecule has 3 N–H and O–H groups in total. The Hall–Kier alpha value is -1.64. The SMILES string of the molecule is CCCOc1nc(NN)nc(N(C)Cc2ccc(Cl)s2)n1. The van der Waals surface area contributed by atoms with Crippen LogP contribution in [0.3, 0.4) is 0 Å². The Morgan fingerprint density at radius 3 is 2.81 bits per heavy atom. The van der Waals surface area contributed by atoms with Gasteiger partial charge in [-0.25, -0.2) is 5.84 Å². The molecule has 0 bridgehead atoms. The van der Waals surface area contributed by atoms with E-state index in [1.807, 2.05) is 31.0 Å². The topological polar surface area (TPSA) is 89.2 Å². The van der Waals surface area contributed by atoms with E-state index in [1.54, 1.807) is 0 Å². The van der Waals surface area contributed by atoms with Crippen LogP contribution in [0.1, 0.15) is 18.2 Å². The highest BCUT2D eigenvalue weighted by Gasteiger charge is 2.12. The Bertz CT molecular complexity index is 593. The third-order valence-electron chi connectivity index (χ3n) is 2.53. The molecule has 0 amide bonds. The fraction of sp³-hybridized carbons (Fsp3) is 0.417. The molecule has 0 spiro atoms. The number of hydrogen-bond donors (Lipinski definition) is 2. The summed E-state index contributed by atoms with van der Waals surface area (Å²) in [6.07, 6.45) is 0.871. The molecule has 2 aromatic rings. The molecular formula is C12H17ClN6OS. The van der Waals surface area contributed by atoms with Crippen molar-refractivity contribution in [1.29, 1.82) is 0 Å². The molecule has 0 aliphatic heterocycles. The Labute approximate surface area is 132 Å². The fourth-order valence-corrected chi connectivity index (χ4v) is 2.72. The highest BCUT2D eigenvalue weighted by Crippen LogP contribution is 2.24. The largest absolute Gasteiger partial charge is 0.463 e. The van der Waals surface area contributed by atoms with Crippen molar-refractivity contribution in [2.24, 2.45) is 5.84 Å². The van der Waals surface area contributed by atoms with Crippen LogP contribution in [-0.2, 0) is 6.54 Å². The van der Waals surface area contributed by atoms with Crippen LogP contribution in [0.5, 0.6) is 6.01 Å². The van der Waals surface area contributed by atoms with E-state index in [9.17, 15) is 0 Å². The maximum absolute atomic E-state index is 5.93. The van der Waals surface area contributed by atoms with Gasteiger partial charge in [0.1, 0.15) is 0 Å². The molecule has 21 heavy (non-hydrogen) atoms. The number of thiophene rings is 1. The van der Waals surface area contributed by atoms with E-state index in [0.29, 0.717) is 19.1 Å². The first-order valence-corrected chi connectivity index (χ1v) is 7.62. The van der Waals surface area contributed by atoms with Crippen LogP contribution in [0.4, 0.5) is 11.9 Å². The smallest absolute Gasteiger partial charge is 0.323 e. The predicted octanol–water partition coefficient (Wildman–Crippen LogP) is 2.30. The summed E-state index contributed by atoms with van der Waals surface area (Å²) in [4.78, 5) is 15.5. The maximum atomic E-state index is 5.93. The van der Waals surface area contributed by atoms with Crippen molar-refractivity contribution in [3.05, 3.63) is 21.3 Å². The summed E-state index contributed by atoms with van der Waals surface area (Å²) < 4.78 is 6.19. The van der Waals surface area contributed by atoms with Gasteiger partial charge in [0.05, 0.1) is 17.5 Å². The molecule has 0 aromatic carbocycles. The number of ether oxygens (including phenoxy) is 1. The number of nitrogens with two attached hydrogens (primary N) is 1. The Morgan fingerprint density at radius 1 is 1.38 bits per heavy atom. The van der Waals surface area contributed by atoms with Gasteiger partial charge in [0.2, 0.25) is 11.9 Å². The average Bonchev–Trinajstić information content (AvgIpc) is 2.89. The van der Waals surface area contributed by atoms with Crippen LogP contribution in [0.25, 0.3) is 0 Å². The number of aromatic nitrogens is 3. The first kappa shape index (κ1) is 15.7. The van der Waals surface area contributed by atoms with Crippen LogP contribution < -0.4 is 20.9 Å². The lowest BCUT2D eigenvalue weighted by molar-refractivity contribution is 0.292. The molecule has 0 saturated heterocycles. The first-order valence-electron chi connectivity index (χ1n) is 6.43. The molecule has 0 fully saturated rings. The van der Waals surface area contributed by atoms with Crippen molar-refractivity contribution in [1.82, 2.24) is 15.0 Å². The van der Waals surface area contributed by atoms with E-state index in [1.165, 1.54) is 11.3 Å². The lowest BCUT2D eigenvalue weighted by atomic mass is 10.4. The normalized spacial score (nSPS) is 10.5. The molecule has 2 aromatic heterocycles. The summed E-state index contributed by atoms with van der Waals surface area (Å²) in [5.74, 6) is 6.13. The molecule has 0 aliphatic rings. The van der Waals surface area contributed by atoms with Gasteiger partial charge in [0, 0.05) is 11.9 Å². The van der Waals surface area contributed by atoms with Crippen LogP contribution in [0, 0.1) is 0 Å². The molecule has 0 aliphatic carbocycles. The molecule has 0 atom stereocenters. The summed E-state index contributed by atoms with van der Waals surface area (Å²) in [6, 6.07) is 4.10. The van der Waals surface area contributed by atoms with Crippen molar-refractivity contribution < 1.29 is 4.74 Å². The van der Waals surface area contributed by atoms with Gasteiger partial charge in [-0.05, 0) is 18.6 Å². The number of halogens is 1. The molecule has 0 unspecified atom stereocenters. The molecule has 114 valence electrons. The van der Waals surface area contributed by atoms with Crippen molar-refractivity contribution in [3.8, 4) is 6.01 Å². The lowest BCUT2D eigenvalue weighted by Gasteiger charge is -2.17. The Kier molecular flexibility index (Phi) is 5.54. The lowest BCUT2D eigenvalue weighted by Crippen LogP contribution is -2.21. The Morgan fingerprint density at radius 2 is 2.19 bits per heavy atom. The van der Waals surface area contributed by atoms with E-state index in [2.05, 4.69) is 20.4 Å². The fourth-order valence-electron chi connectivity index (χ4n) is 1.58. The van der Waals surface area contributed by atoms with Crippen LogP contribution in [0.15, 0.2) is 12.1 Å². The minimum Gasteiger partial charge on any atom is -0.463 e. The molecule has 0 radical (unpaired) electrons. The van der Waals surface area contributed by atoms with E-state index >= 15 is 0 Å². The van der Waals surface area contributed by atoms with Crippen LogP contribution in [-0.4, -0.2) is 28.6 Å². The second kappa shape index (κ2) is 7.39. The maximum Gasteiger partial charge on any atom is 0.323 e. The zero-order chi connectivity index (χ0) is 15.2. The number of anilines is 2.